The van der Waals surface area contributed by atoms with Crippen molar-refractivity contribution >= 4 is 56.2 Å². The number of nitrogens with one attached hydrogen (secondary N) is 2. The second-order valence-electron chi connectivity index (χ2n) is 5.62. The smallest absolute Gasteiger partial charge is 0.338 e. The lowest BCUT2D eigenvalue weighted by Gasteiger charge is -2.08. The number of carbonyl (C=O) groups excluding carboxylic acids is 1. The molecule has 1 aromatic carbocycles. The number of thioether (sulfide) groups is 1. The van der Waals surface area contributed by atoms with Crippen molar-refractivity contribution in [1.29, 1.82) is 0 Å². The average molecular weight is 425 g/mol. The number of amides is 1. The monoisotopic (exact) mass is 425 g/mol. The summed E-state index contributed by atoms with van der Waals surface area (Å²) >= 11 is 1.28. The molecule has 4 aromatic rings. The Morgan fingerprint density at radius 3 is 2.75 bits per heavy atom. The zero-order valence-electron chi connectivity index (χ0n) is 14.0. The van der Waals surface area contributed by atoms with E-state index < -0.39 is 22.3 Å². The summed E-state index contributed by atoms with van der Waals surface area (Å²) in [5.74, 6) is -0.546. The summed E-state index contributed by atoms with van der Waals surface area (Å²) in [4.78, 5) is 19.7. The Hall–Kier alpha value is -2.80. The number of H-pyrrole nitrogens is 1. The lowest BCUT2D eigenvalue weighted by molar-refractivity contribution is -0.138. The Kier molecular flexibility index (Phi) is 4.63. The van der Waals surface area contributed by atoms with Gasteiger partial charge < -0.3 is 4.98 Å². The average Bonchev–Trinajstić information content (AvgIpc) is 3.25. The van der Waals surface area contributed by atoms with Crippen molar-refractivity contribution in [2.45, 2.75) is 23.5 Å². The first-order chi connectivity index (χ1) is 13.3. The zero-order chi connectivity index (χ0) is 19.9. The van der Waals surface area contributed by atoms with Crippen molar-refractivity contribution in [2.24, 2.45) is 0 Å². The molecule has 0 fully saturated rings. The Morgan fingerprint density at radius 2 is 2.00 bits per heavy atom. The maximum Gasteiger partial charge on any atom is 0.445 e. The van der Waals surface area contributed by atoms with E-state index in [1.165, 1.54) is 0 Å². The van der Waals surface area contributed by atoms with Gasteiger partial charge in [-0.15, -0.1) is 20.4 Å². The summed E-state index contributed by atoms with van der Waals surface area (Å²) in [5.41, 5.74) is 2.01. The van der Waals surface area contributed by atoms with Crippen molar-refractivity contribution < 1.29 is 18.0 Å². The third-order valence-corrected chi connectivity index (χ3v) is 5.49. The molecule has 144 valence electrons. The number of carbonyl (C=O) groups is 1. The number of aromatic nitrogens is 6. The lowest BCUT2D eigenvalue weighted by atomic mass is 10.2. The summed E-state index contributed by atoms with van der Waals surface area (Å²) < 4.78 is 37.7. The van der Waals surface area contributed by atoms with E-state index in [-0.39, 0.29) is 21.6 Å². The molecule has 0 bridgehead atoms. The predicted molar refractivity (Wildman–Crippen MR) is 98.0 cm³/mol. The molecule has 0 aliphatic heterocycles. The largest absolute Gasteiger partial charge is 0.445 e. The van der Waals surface area contributed by atoms with Gasteiger partial charge in [0.25, 0.3) is 0 Å². The fraction of sp³-hybridized carbons (Fsp3) is 0.200. The molecule has 3 heterocycles. The topological polar surface area (TPSA) is 109 Å². The molecule has 2 N–H and O–H groups in total. The number of benzene rings is 1. The van der Waals surface area contributed by atoms with E-state index in [0.717, 1.165) is 22.7 Å². The maximum atomic E-state index is 12.6. The van der Waals surface area contributed by atoms with Crippen LogP contribution in [0.5, 0.6) is 0 Å². The van der Waals surface area contributed by atoms with Crippen molar-refractivity contribution in [3.05, 3.63) is 29.3 Å². The standard InChI is InChI=1S/C15H10F3N7OS2/c1-6(11(26)21-14-25-23-12(28-14)15(16,17)18)27-13-20-10-9(22-24-13)7-4-2-3-5-8(7)19-10/h2-6H,1H3,(H,19,20,24)(H,21,25,26). The molecule has 1 unspecified atom stereocenters. The van der Waals surface area contributed by atoms with E-state index in [9.17, 15) is 18.0 Å². The van der Waals surface area contributed by atoms with E-state index >= 15 is 0 Å². The number of para-hydroxylation sites is 1. The van der Waals surface area contributed by atoms with Gasteiger partial charge in [0.05, 0.1) is 5.25 Å². The summed E-state index contributed by atoms with van der Waals surface area (Å²) in [5, 5.41) is 15.9. The van der Waals surface area contributed by atoms with E-state index in [0.29, 0.717) is 11.2 Å². The minimum Gasteiger partial charge on any atom is -0.338 e. The van der Waals surface area contributed by atoms with Crippen LogP contribution in [0.3, 0.4) is 0 Å². The van der Waals surface area contributed by atoms with Crippen LogP contribution < -0.4 is 5.32 Å². The van der Waals surface area contributed by atoms with Gasteiger partial charge in [0.1, 0.15) is 5.52 Å². The number of anilines is 1. The summed E-state index contributed by atoms with van der Waals surface area (Å²) in [6, 6.07) is 7.54. The molecule has 4 rings (SSSR count). The Morgan fingerprint density at radius 1 is 1.21 bits per heavy atom. The molecule has 13 heteroatoms. The van der Waals surface area contributed by atoms with Gasteiger partial charge in [0.2, 0.25) is 21.2 Å². The fourth-order valence-corrected chi connectivity index (χ4v) is 3.69. The highest BCUT2D eigenvalue weighted by Crippen LogP contribution is 2.33. The van der Waals surface area contributed by atoms with Gasteiger partial charge in [-0.05, 0) is 13.0 Å². The van der Waals surface area contributed by atoms with Gasteiger partial charge in [-0.25, -0.2) is 4.98 Å². The molecule has 0 spiro atoms. The van der Waals surface area contributed by atoms with Crippen LogP contribution in [0.25, 0.3) is 22.1 Å². The first-order valence-corrected chi connectivity index (χ1v) is 9.50. The minimum absolute atomic E-state index is 0.227. The molecule has 0 saturated carbocycles. The van der Waals surface area contributed by atoms with Crippen LogP contribution in [0.4, 0.5) is 18.3 Å². The highest BCUT2D eigenvalue weighted by Gasteiger charge is 2.36. The molecule has 0 aliphatic carbocycles. The third kappa shape index (κ3) is 3.62. The summed E-state index contributed by atoms with van der Waals surface area (Å²) in [6.07, 6.45) is -4.60. The van der Waals surface area contributed by atoms with Gasteiger partial charge in [0, 0.05) is 10.9 Å². The molecule has 3 aromatic heterocycles. The number of rotatable bonds is 4. The highest BCUT2D eigenvalue weighted by molar-refractivity contribution is 8.00. The normalized spacial score (nSPS) is 13.1. The van der Waals surface area contributed by atoms with Gasteiger partial charge in [-0.1, -0.05) is 41.3 Å². The van der Waals surface area contributed by atoms with Crippen LogP contribution in [-0.2, 0) is 11.0 Å². The molecule has 0 aliphatic rings. The van der Waals surface area contributed by atoms with Crippen LogP contribution in [0.15, 0.2) is 29.4 Å². The number of nitrogens with zero attached hydrogens (tertiary/aromatic N) is 5. The van der Waals surface area contributed by atoms with Crippen molar-refractivity contribution in [1.82, 2.24) is 30.4 Å². The van der Waals surface area contributed by atoms with E-state index in [4.69, 9.17) is 0 Å². The number of aromatic amines is 1. The van der Waals surface area contributed by atoms with Crippen molar-refractivity contribution in [3.8, 4) is 0 Å². The van der Waals surface area contributed by atoms with Gasteiger partial charge in [-0.2, -0.15) is 13.2 Å². The third-order valence-electron chi connectivity index (χ3n) is 3.65. The molecule has 0 saturated heterocycles. The second-order valence-corrected chi connectivity index (χ2v) is 7.91. The van der Waals surface area contributed by atoms with Crippen molar-refractivity contribution in [3.63, 3.8) is 0 Å². The van der Waals surface area contributed by atoms with Gasteiger partial charge in [0.15, 0.2) is 5.65 Å². The summed E-state index contributed by atoms with van der Waals surface area (Å²) in [7, 11) is 0. The van der Waals surface area contributed by atoms with Gasteiger partial charge in [-0.3, -0.25) is 10.1 Å². The van der Waals surface area contributed by atoms with Crippen LogP contribution in [0.2, 0.25) is 0 Å². The lowest BCUT2D eigenvalue weighted by Crippen LogP contribution is -2.22. The van der Waals surface area contributed by atoms with Crippen molar-refractivity contribution in [2.75, 3.05) is 5.32 Å². The Bertz CT molecular complexity index is 1170. The Balaban J connectivity index is 1.48. The molecule has 8 nitrogen and oxygen atoms in total. The molecule has 1 amide bonds. The number of alkyl halides is 3. The number of halogens is 3. The first-order valence-electron chi connectivity index (χ1n) is 7.80. The maximum absolute atomic E-state index is 12.6. The minimum atomic E-state index is -4.60. The van der Waals surface area contributed by atoms with E-state index in [2.05, 4.69) is 35.7 Å². The fourth-order valence-electron chi connectivity index (χ4n) is 2.36. The number of hydrogen-bond acceptors (Lipinski definition) is 8. The predicted octanol–water partition coefficient (Wildman–Crippen LogP) is 3.50. The van der Waals surface area contributed by atoms with Crippen LogP contribution in [0, 0.1) is 0 Å². The molecular weight excluding hydrogens is 415 g/mol. The van der Waals surface area contributed by atoms with Crippen LogP contribution in [-0.4, -0.2) is 41.5 Å². The molecular formula is C15H10F3N7OS2. The summed E-state index contributed by atoms with van der Waals surface area (Å²) in [6.45, 7) is 1.57. The molecule has 1 atom stereocenters. The van der Waals surface area contributed by atoms with E-state index in [1.54, 1.807) is 6.92 Å². The van der Waals surface area contributed by atoms with Crippen LogP contribution in [0.1, 0.15) is 11.9 Å². The highest BCUT2D eigenvalue weighted by atomic mass is 32.2. The molecule has 0 radical (unpaired) electrons. The van der Waals surface area contributed by atoms with Crippen LogP contribution >= 0.6 is 23.1 Å². The van der Waals surface area contributed by atoms with Gasteiger partial charge >= 0.3 is 6.18 Å². The molecule has 28 heavy (non-hydrogen) atoms. The Labute approximate surface area is 163 Å². The quantitative estimate of drug-likeness (QED) is 0.482. The van der Waals surface area contributed by atoms with E-state index in [1.807, 2.05) is 24.3 Å². The number of fused-ring (bicyclic) bond motifs is 3. The SMILES string of the molecule is CC(Sc1nnc2c(n1)[nH]c1ccccc12)C(=O)Nc1nnc(C(F)(F)F)s1. The zero-order valence-corrected chi connectivity index (χ0v) is 15.6. The second kappa shape index (κ2) is 6.98. The first kappa shape index (κ1) is 18.6. The number of hydrogen-bond donors (Lipinski definition) is 2.